The van der Waals surface area contributed by atoms with Gasteiger partial charge in [-0.3, -0.25) is 4.90 Å². The van der Waals surface area contributed by atoms with Crippen molar-refractivity contribution < 1.29 is 0 Å². The third kappa shape index (κ3) is 3.17. The van der Waals surface area contributed by atoms with E-state index in [0.717, 1.165) is 36.3 Å². The van der Waals surface area contributed by atoms with Crippen molar-refractivity contribution in [3.8, 4) is 0 Å². The lowest BCUT2D eigenvalue weighted by Crippen LogP contribution is -2.30. The summed E-state index contributed by atoms with van der Waals surface area (Å²) >= 11 is 0. The molecule has 0 spiro atoms. The average molecular weight is 310 g/mol. The lowest BCUT2D eigenvalue weighted by molar-refractivity contribution is 0.296. The molecule has 0 amide bonds. The SMILES string of the molecule is Cc1nccc(CN2C[C@H]3CC[C@@H](Nc4cccnn4)[C@H]3C2)n1. The van der Waals surface area contributed by atoms with E-state index in [1.807, 2.05) is 31.3 Å². The van der Waals surface area contributed by atoms with Gasteiger partial charge < -0.3 is 5.32 Å². The largest absolute Gasteiger partial charge is 0.366 e. The third-order valence-electron chi connectivity index (χ3n) is 5.06. The zero-order valence-corrected chi connectivity index (χ0v) is 13.4. The molecule has 1 saturated carbocycles. The molecular weight excluding hydrogens is 288 g/mol. The fraction of sp³-hybridized carbons (Fsp3) is 0.529. The van der Waals surface area contributed by atoms with Crippen LogP contribution < -0.4 is 5.32 Å². The molecular formula is C17H22N6. The minimum atomic E-state index is 0.508. The number of aromatic nitrogens is 4. The summed E-state index contributed by atoms with van der Waals surface area (Å²) in [7, 11) is 0. The van der Waals surface area contributed by atoms with Gasteiger partial charge in [-0.2, -0.15) is 5.10 Å². The van der Waals surface area contributed by atoms with Gasteiger partial charge in [0.15, 0.2) is 0 Å². The summed E-state index contributed by atoms with van der Waals surface area (Å²) in [5.74, 6) is 3.22. The monoisotopic (exact) mass is 310 g/mol. The van der Waals surface area contributed by atoms with E-state index >= 15 is 0 Å². The highest BCUT2D eigenvalue weighted by atomic mass is 15.2. The molecule has 2 aliphatic rings. The molecule has 120 valence electrons. The van der Waals surface area contributed by atoms with Gasteiger partial charge in [-0.15, -0.1) is 5.10 Å². The molecule has 0 radical (unpaired) electrons. The van der Waals surface area contributed by atoms with Crippen molar-refractivity contribution in [3.05, 3.63) is 42.1 Å². The van der Waals surface area contributed by atoms with E-state index in [0.29, 0.717) is 12.0 Å². The highest BCUT2D eigenvalue weighted by Crippen LogP contribution is 2.39. The number of likely N-dealkylation sites (tertiary alicyclic amines) is 1. The van der Waals surface area contributed by atoms with E-state index in [2.05, 4.69) is 30.4 Å². The summed E-state index contributed by atoms with van der Waals surface area (Å²) in [6.45, 7) is 5.18. The zero-order valence-electron chi connectivity index (χ0n) is 13.4. The molecule has 0 bridgehead atoms. The number of nitrogens with one attached hydrogen (secondary N) is 1. The molecule has 1 N–H and O–H groups in total. The fourth-order valence-corrected chi connectivity index (χ4v) is 4.06. The highest BCUT2D eigenvalue weighted by molar-refractivity contribution is 5.34. The number of rotatable bonds is 4. The van der Waals surface area contributed by atoms with Crippen molar-refractivity contribution in [1.29, 1.82) is 0 Å². The first-order valence-electron chi connectivity index (χ1n) is 8.33. The van der Waals surface area contributed by atoms with Crippen molar-refractivity contribution in [2.45, 2.75) is 32.4 Å². The van der Waals surface area contributed by atoms with E-state index in [1.165, 1.54) is 19.4 Å². The molecule has 3 atom stereocenters. The number of fused-ring (bicyclic) bond motifs is 1. The van der Waals surface area contributed by atoms with Crippen molar-refractivity contribution >= 4 is 5.82 Å². The van der Waals surface area contributed by atoms with Crippen LogP contribution in [0.1, 0.15) is 24.4 Å². The van der Waals surface area contributed by atoms with Gasteiger partial charge in [0.25, 0.3) is 0 Å². The maximum atomic E-state index is 4.53. The molecule has 1 aliphatic heterocycles. The normalized spacial score (nSPS) is 27.1. The van der Waals surface area contributed by atoms with Gasteiger partial charge in [-0.1, -0.05) is 0 Å². The first-order valence-corrected chi connectivity index (χ1v) is 8.33. The van der Waals surface area contributed by atoms with Crippen molar-refractivity contribution in [1.82, 2.24) is 25.1 Å². The Labute approximate surface area is 136 Å². The van der Waals surface area contributed by atoms with E-state index in [-0.39, 0.29) is 0 Å². The Morgan fingerprint density at radius 3 is 3.00 bits per heavy atom. The second-order valence-electron chi connectivity index (χ2n) is 6.65. The standard InChI is InChI=1S/C17H22N6/c1-12-18-8-6-14(20-12)10-23-9-13-4-5-16(15(13)11-23)21-17-3-2-7-19-22-17/h2-3,6-8,13,15-16H,4-5,9-11H2,1H3,(H,21,22)/t13-,15+,16-/m1/s1. The Kier molecular flexibility index (Phi) is 3.91. The number of aryl methyl sites for hydroxylation is 1. The Morgan fingerprint density at radius 1 is 1.22 bits per heavy atom. The molecule has 4 rings (SSSR count). The van der Waals surface area contributed by atoms with Crippen molar-refractivity contribution in [2.75, 3.05) is 18.4 Å². The topological polar surface area (TPSA) is 66.8 Å². The Bertz CT molecular complexity index is 661. The third-order valence-corrected chi connectivity index (χ3v) is 5.06. The van der Waals surface area contributed by atoms with Crippen LogP contribution in [0.2, 0.25) is 0 Å². The zero-order chi connectivity index (χ0) is 15.6. The van der Waals surface area contributed by atoms with Gasteiger partial charge in [-0.25, -0.2) is 9.97 Å². The summed E-state index contributed by atoms with van der Waals surface area (Å²) in [6, 6.07) is 6.46. The van der Waals surface area contributed by atoms with Gasteiger partial charge >= 0.3 is 0 Å². The summed E-state index contributed by atoms with van der Waals surface area (Å²) < 4.78 is 0. The minimum absolute atomic E-state index is 0.508. The Balaban J connectivity index is 1.39. The predicted octanol–water partition coefficient (Wildman–Crippen LogP) is 1.90. The Hall–Kier alpha value is -2.08. The quantitative estimate of drug-likeness (QED) is 0.930. The van der Waals surface area contributed by atoms with Crippen molar-refractivity contribution in [3.63, 3.8) is 0 Å². The van der Waals surface area contributed by atoms with Gasteiger partial charge in [0, 0.05) is 38.1 Å². The van der Waals surface area contributed by atoms with Crippen LogP contribution in [0.3, 0.4) is 0 Å². The highest BCUT2D eigenvalue weighted by Gasteiger charge is 2.42. The van der Waals surface area contributed by atoms with Crippen LogP contribution in [0.4, 0.5) is 5.82 Å². The second kappa shape index (κ2) is 6.20. The molecule has 6 heteroatoms. The first kappa shape index (κ1) is 14.5. The van der Waals surface area contributed by atoms with Gasteiger partial charge in [0.1, 0.15) is 11.6 Å². The molecule has 2 aromatic heterocycles. The molecule has 0 unspecified atom stereocenters. The summed E-state index contributed by atoms with van der Waals surface area (Å²) in [6.07, 6.45) is 6.09. The maximum Gasteiger partial charge on any atom is 0.148 e. The van der Waals surface area contributed by atoms with E-state index < -0.39 is 0 Å². The van der Waals surface area contributed by atoms with Gasteiger partial charge in [0.05, 0.1) is 5.69 Å². The lowest BCUT2D eigenvalue weighted by atomic mass is 9.98. The number of hydrogen-bond acceptors (Lipinski definition) is 6. The first-order chi connectivity index (χ1) is 11.3. The molecule has 23 heavy (non-hydrogen) atoms. The summed E-state index contributed by atoms with van der Waals surface area (Å²) in [5.41, 5.74) is 1.12. The molecule has 3 heterocycles. The van der Waals surface area contributed by atoms with Crippen LogP contribution in [0, 0.1) is 18.8 Å². The predicted molar refractivity (Wildman–Crippen MR) is 87.7 cm³/mol. The van der Waals surface area contributed by atoms with Crippen LogP contribution in [-0.4, -0.2) is 44.2 Å². The fourth-order valence-electron chi connectivity index (χ4n) is 4.06. The van der Waals surface area contributed by atoms with E-state index in [4.69, 9.17) is 0 Å². The van der Waals surface area contributed by atoms with Crippen molar-refractivity contribution in [2.24, 2.45) is 11.8 Å². The van der Waals surface area contributed by atoms with Gasteiger partial charge in [-0.05, 0) is 49.8 Å². The molecule has 6 nitrogen and oxygen atoms in total. The lowest BCUT2D eigenvalue weighted by Gasteiger charge is -2.21. The summed E-state index contributed by atoms with van der Waals surface area (Å²) in [4.78, 5) is 11.2. The van der Waals surface area contributed by atoms with E-state index in [1.54, 1.807) is 6.20 Å². The van der Waals surface area contributed by atoms with Gasteiger partial charge in [0.2, 0.25) is 0 Å². The Morgan fingerprint density at radius 2 is 2.17 bits per heavy atom. The van der Waals surface area contributed by atoms with Crippen LogP contribution in [0.25, 0.3) is 0 Å². The second-order valence-corrected chi connectivity index (χ2v) is 6.65. The van der Waals surface area contributed by atoms with Crippen LogP contribution >= 0.6 is 0 Å². The van der Waals surface area contributed by atoms with E-state index in [9.17, 15) is 0 Å². The average Bonchev–Trinajstić information content (AvgIpc) is 3.10. The molecule has 0 aromatic carbocycles. The minimum Gasteiger partial charge on any atom is -0.366 e. The molecule has 1 aliphatic carbocycles. The van der Waals surface area contributed by atoms with Crippen LogP contribution in [-0.2, 0) is 6.54 Å². The number of hydrogen-bond donors (Lipinski definition) is 1. The summed E-state index contributed by atoms with van der Waals surface area (Å²) in [5, 5.41) is 11.7. The molecule has 2 fully saturated rings. The molecule has 2 aromatic rings. The van der Waals surface area contributed by atoms with Crippen LogP contribution in [0.15, 0.2) is 30.6 Å². The smallest absolute Gasteiger partial charge is 0.148 e. The van der Waals surface area contributed by atoms with Crippen LogP contribution in [0.5, 0.6) is 0 Å². The molecule has 1 saturated heterocycles. The maximum absolute atomic E-state index is 4.53. The number of nitrogens with zero attached hydrogens (tertiary/aromatic N) is 5. The number of anilines is 1.